The minimum absolute atomic E-state index is 0.199. The minimum Gasteiger partial charge on any atom is -0.393 e. The molecule has 110 valence electrons. The first-order chi connectivity index (χ1) is 9.54. The van der Waals surface area contributed by atoms with Gasteiger partial charge in [-0.05, 0) is 65.7 Å². The topological polar surface area (TPSA) is 61.4 Å². The van der Waals surface area contributed by atoms with Gasteiger partial charge in [0.2, 0.25) is 0 Å². The number of urea groups is 1. The van der Waals surface area contributed by atoms with Crippen LogP contribution in [-0.2, 0) is 0 Å². The number of amides is 2. The molecule has 2 rings (SSSR count). The van der Waals surface area contributed by atoms with E-state index < -0.39 is 0 Å². The van der Waals surface area contributed by atoms with E-state index in [4.69, 9.17) is 0 Å². The summed E-state index contributed by atoms with van der Waals surface area (Å²) in [6.07, 6.45) is 3.59. The number of aliphatic hydroxyl groups is 1. The molecule has 4 nitrogen and oxygen atoms in total. The largest absolute Gasteiger partial charge is 0.393 e. The third-order valence-corrected chi connectivity index (χ3v) is 4.34. The Morgan fingerprint density at radius 2 is 2.25 bits per heavy atom. The van der Waals surface area contributed by atoms with Crippen molar-refractivity contribution in [3.05, 3.63) is 28.2 Å². The SMILES string of the molecule is Cc1ccc(NC(=O)NCC2CCCC(O)C2)c(Br)c1. The molecule has 3 N–H and O–H groups in total. The van der Waals surface area contributed by atoms with Crippen LogP contribution in [0.5, 0.6) is 0 Å². The van der Waals surface area contributed by atoms with Crippen molar-refractivity contribution < 1.29 is 9.90 Å². The van der Waals surface area contributed by atoms with Crippen molar-refractivity contribution in [1.82, 2.24) is 5.32 Å². The van der Waals surface area contributed by atoms with Crippen LogP contribution in [0, 0.1) is 12.8 Å². The zero-order chi connectivity index (χ0) is 14.5. The second-order valence-electron chi connectivity index (χ2n) is 5.50. The van der Waals surface area contributed by atoms with Crippen LogP contribution in [0.1, 0.15) is 31.2 Å². The zero-order valence-electron chi connectivity index (χ0n) is 11.7. The van der Waals surface area contributed by atoms with Gasteiger partial charge in [-0.3, -0.25) is 0 Å². The molecule has 0 heterocycles. The number of hydrogen-bond acceptors (Lipinski definition) is 2. The van der Waals surface area contributed by atoms with Gasteiger partial charge in [0.25, 0.3) is 0 Å². The molecule has 0 spiro atoms. The number of rotatable bonds is 3. The van der Waals surface area contributed by atoms with Crippen LogP contribution >= 0.6 is 15.9 Å². The molecule has 0 bridgehead atoms. The van der Waals surface area contributed by atoms with Gasteiger partial charge in [0.1, 0.15) is 0 Å². The summed E-state index contributed by atoms with van der Waals surface area (Å²) in [7, 11) is 0. The Balaban J connectivity index is 1.80. The summed E-state index contributed by atoms with van der Waals surface area (Å²) in [4.78, 5) is 11.9. The lowest BCUT2D eigenvalue weighted by atomic mass is 9.87. The third-order valence-electron chi connectivity index (χ3n) is 3.68. The first kappa shape index (κ1) is 15.3. The molecule has 5 heteroatoms. The molecule has 0 aliphatic heterocycles. The lowest BCUT2D eigenvalue weighted by molar-refractivity contribution is 0.101. The summed E-state index contributed by atoms with van der Waals surface area (Å²) in [6, 6.07) is 5.60. The molecule has 1 aliphatic rings. The molecule has 1 fully saturated rings. The Morgan fingerprint density at radius 3 is 2.95 bits per heavy atom. The number of carbonyl (C=O) groups is 1. The molecular formula is C15H21BrN2O2. The highest BCUT2D eigenvalue weighted by molar-refractivity contribution is 9.10. The third kappa shape index (κ3) is 4.49. The van der Waals surface area contributed by atoms with Gasteiger partial charge >= 0.3 is 6.03 Å². The predicted octanol–water partition coefficient (Wildman–Crippen LogP) is 3.43. The van der Waals surface area contributed by atoms with Crippen LogP contribution in [-0.4, -0.2) is 23.8 Å². The Bertz CT molecular complexity index is 479. The zero-order valence-corrected chi connectivity index (χ0v) is 13.2. The van der Waals surface area contributed by atoms with E-state index in [1.807, 2.05) is 25.1 Å². The smallest absolute Gasteiger partial charge is 0.319 e. The van der Waals surface area contributed by atoms with Gasteiger partial charge in [-0.1, -0.05) is 12.5 Å². The highest BCUT2D eigenvalue weighted by Gasteiger charge is 2.20. The number of aryl methyl sites for hydroxylation is 1. The predicted molar refractivity (Wildman–Crippen MR) is 83.9 cm³/mol. The average Bonchev–Trinajstić information content (AvgIpc) is 2.40. The van der Waals surface area contributed by atoms with Crippen LogP contribution in [0.25, 0.3) is 0 Å². The van der Waals surface area contributed by atoms with E-state index in [9.17, 15) is 9.90 Å². The van der Waals surface area contributed by atoms with E-state index in [-0.39, 0.29) is 12.1 Å². The van der Waals surface area contributed by atoms with E-state index >= 15 is 0 Å². The number of hydrogen-bond donors (Lipinski definition) is 3. The maximum Gasteiger partial charge on any atom is 0.319 e. The monoisotopic (exact) mass is 340 g/mol. The van der Waals surface area contributed by atoms with Gasteiger partial charge in [-0.15, -0.1) is 0 Å². The normalized spacial score (nSPS) is 22.4. The molecule has 20 heavy (non-hydrogen) atoms. The Hall–Kier alpha value is -1.07. The summed E-state index contributed by atoms with van der Waals surface area (Å²) < 4.78 is 0.876. The highest BCUT2D eigenvalue weighted by atomic mass is 79.9. The van der Waals surface area contributed by atoms with E-state index in [1.54, 1.807) is 0 Å². The van der Waals surface area contributed by atoms with Crippen molar-refractivity contribution in [3.63, 3.8) is 0 Å². The number of nitrogens with one attached hydrogen (secondary N) is 2. The second kappa shape index (κ2) is 7.09. The lowest BCUT2D eigenvalue weighted by Gasteiger charge is -2.25. The van der Waals surface area contributed by atoms with Gasteiger partial charge in [0, 0.05) is 11.0 Å². The number of aliphatic hydroxyl groups excluding tert-OH is 1. The number of benzene rings is 1. The van der Waals surface area contributed by atoms with Crippen molar-refractivity contribution >= 4 is 27.6 Å². The van der Waals surface area contributed by atoms with Crippen molar-refractivity contribution in [2.24, 2.45) is 5.92 Å². The molecule has 1 saturated carbocycles. The Kier molecular flexibility index (Phi) is 5.43. The van der Waals surface area contributed by atoms with Gasteiger partial charge in [0.15, 0.2) is 0 Å². The molecule has 1 aromatic rings. The van der Waals surface area contributed by atoms with Crippen molar-refractivity contribution in [2.75, 3.05) is 11.9 Å². The van der Waals surface area contributed by atoms with Crippen LogP contribution in [0.2, 0.25) is 0 Å². The van der Waals surface area contributed by atoms with Crippen LogP contribution in [0.3, 0.4) is 0 Å². The molecule has 2 unspecified atom stereocenters. The first-order valence-electron chi connectivity index (χ1n) is 7.03. The summed E-state index contributed by atoms with van der Waals surface area (Å²) >= 11 is 3.44. The van der Waals surface area contributed by atoms with E-state index in [1.165, 1.54) is 0 Å². The summed E-state index contributed by atoms with van der Waals surface area (Å²) in [6.45, 7) is 2.62. The maximum absolute atomic E-state index is 11.9. The fourth-order valence-corrected chi connectivity index (χ4v) is 3.17. The Morgan fingerprint density at radius 1 is 1.45 bits per heavy atom. The molecule has 0 radical (unpaired) electrons. The van der Waals surface area contributed by atoms with Crippen molar-refractivity contribution in [2.45, 2.75) is 38.7 Å². The van der Waals surface area contributed by atoms with E-state index in [0.29, 0.717) is 12.5 Å². The molecule has 1 aliphatic carbocycles. The quantitative estimate of drug-likeness (QED) is 0.789. The van der Waals surface area contributed by atoms with Gasteiger partial charge in [-0.2, -0.15) is 0 Å². The fraction of sp³-hybridized carbons (Fsp3) is 0.533. The molecule has 0 saturated heterocycles. The van der Waals surface area contributed by atoms with E-state index in [0.717, 1.165) is 41.4 Å². The summed E-state index contributed by atoms with van der Waals surface area (Å²) in [5, 5.41) is 15.3. The van der Waals surface area contributed by atoms with Crippen LogP contribution < -0.4 is 10.6 Å². The summed E-state index contributed by atoms with van der Waals surface area (Å²) in [5.41, 5.74) is 1.90. The van der Waals surface area contributed by atoms with E-state index in [2.05, 4.69) is 26.6 Å². The van der Waals surface area contributed by atoms with Gasteiger partial charge < -0.3 is 15.7 Å². The lowest BCUT2D eigenvalue weighted by Crippen LogP contribution is -2.35. The van der Waals surface area contributed by atoms with Crippen LogP contribution in [0.15, 0.2) is 22.7 Å². The summed E-state index contributed by atoms with van der Waals surface area (Å²) in [5.74, 6) is 0.381. The maximum atomic E-state index is 11.9. The average molecular weight is 341 g/mol. The van der Waals surface area contributed by atoms with Gasteiger partial charge in [-0.25, -0.2) is 4.79 Å². The van der Waals surface area contributed by atoms with Crippen LogP contribution in [0.4, 0.5) is 10.5 Å². The number of anilines is 1. The first-order valence-corrected chi connectivity index (χ1v) is 7.83. The number of carbonyl (C=O) groups excluding carboxylic acids is 1. The molecule has 2 atom stereocenters. The van der Waals surface area contributed by atoms with Crippen molar-refractivity contribution in [1.29, 1.82) is 0 Å². The van der Waals surface area contributed by atoms with Gasteiger partial charge in [0.05, 0.1) is 11.8 Å². The fourth-order valence-electron chi connectivity index (χ4n) is 2.57. The minimum atomic E-state index is -0.204. The second-order valence-corrected chi connectivity index (χ2v) is 6.36. The van der Waals surface area contributed by atoms with Crippen molar-refractivity contribution in [3.8, 4) is 0 Å². The molecular weight excluding hydrogens is 320 g/mol. The molecule has 1 aromatic carbocycles. The standard InChI is InChI=1S/C15H21BrN2O2/c1-10-5-6-14(13(16)7-10)18-15(20)17-9-11-3-2-4-12(19)8-11/h5-7,11-12,19H,2-4,8-9H2,1H3,(H2,17,18,20). The molecule has 0 aromatic heterocycles. The highest BCUT2D eigenvalue weighted by Crippen LogP contribution is 2.24. The number of halogens is 1. The molecule has 2 amide bonds. The Labute approximate surface area is 128 Å².